The number of aryl methyl sites for hydroxylation is 1. The van der Waals surface area contributed by atoms with Crippen molar-refractivity contribution in [1.29, 1.82) is 0 Å². The first-order chi connectivity index (χ1) is 14.8. The van der Waals surface area contributed by atoms with E-state index in [1.54, 1.807) is 6.92 Å². The van der Waals surface area contributed by atoms with Crippen LogP contribution in [0, 0.1) is 12.7 Å². The Balaban J connectivity index is 1.52. The van der Waals surface area contributed by atoms with Gasteiger partial charge in [0.05, 0.1) is 4.90 Å². The molecule has 164 valence electrons. The molecule has 4 rings (SSSR count). The highest BCUT2D eigenvalue weighted by molar-refractivity contribution is 7.89. The van der Waals surface area contributed by atoms with Gasteiger partial charge in [-0.05, 0) is 36.6 Å². The molecule has 2 aliphatic rings. The third-order valence-corrected chi connectivity index (χ3v) is 7.75. The number of carbonyl (C=O) groups excluding carboxylic acids is 2. The Hall–Kier alpha value is -2.78. The highest BCUT2D eigenvalue weighted by Crippen LogP contribution is 2.25. The van der Waals surface area contributed by atoms with Crippen molar-refractivity contribution in [2.75, 3.05) is 26.2 Å². The summed E-state index contributed by atoms with van der Waals surface area (Å²) in [4.78, 5) is 28.7. The third-order valence-electron chi connectivity index (χ3n) is 5.86. The number of amides is 2. The molecule has 1 unspecified atom stereocenters. The molecule has 2 aromatic rings. The number of benzene rings is 2. The van der Waals surface area contributed by atoms with Gasteiger partial charge < -0.3 is 9.80 Å². The molecule has 2 aliphatic heterocycles. The molecule has 0 aromatic heterocycles. The van der Waals surface area contributed by atoms with E-state index in [-0.39, 0.29) is 49.3 Å². The first kappa shape index (κ1) is 21.5. The summed E-state index contributed by atoms with van der Waals surface area (Å²) in [5.41, 5.74) is 1.29. The quantitative estimate of drug-likeness (QED) is 0.719. The lowest BCUT2D eigenvalue weighted by Crippen LogP contribution is -2.59. The zero-order valence-corrected chi connectivity index (χ0v) is 18.0. The molecule has 2 fully saturated rings. The minimum Gasteiger partial charge on any atom is -0.328 e. The van der Waals surface area contributed by atoms with Gasteiger partial charge in [-0.25, -0.2) is 12.8 Å². The van der Waals surface area contributed by atoms with Crippen LogP contribution in [0.1, 0.15) is 17.5 Å². The largest absolute Gasteiger partial charge is 0.328 e. The average Bonchev–Trinajstić information content (AvgIpc) is 2.99. The molecule has 7 nitrogen and oxygen atoms in total. The Morgan fingerprint density at radius 2 is 1.77 bits per heavy atom. The van der Waals surface area contributed by atoms with Crippen LogP contribution < -0.4 is 0 Å². The number of hydrogen-bond acceptors (Lipinski definition) is 4. The highest BCUT2D eigenvalue weighted by Gasteiger charge is 2.42. The van der Waals surface area contributed by atoms with Gasteiger partial charge in [0.15, 0.2) is 0 Å². The Morgan fingerprint density at radius 3 is 2.48 bits per heavy atom. The Morgan fingerprint density at radius 1 is 1.03 bits per heavy atom. The predicted octanol–water partition coefficient (Wildman–Crippen LogP) is 1.77. The number of hydrogen-bond donors (Lipinski definition) is 0. The minimum atomic E-state index is -3.93. The van der Waals surface area contributed by atoms with E-state index in [0.717, 1.165) is 11.6 Å². The number of piperazine rings is 1. The zero-order valence-electron chi connectivity index (χ0n) is 17.2. The number of sulfonamides is 1. The number of nitrogens with zero attached hydrogens (tertiary/aromatic N) is 3. The predicted molar refractivity (Wildman–Crippen MR) is 112 cm³/mol. The van der Waals surface area contributed by atoms with Gasteiger partial charge in [-0.15, -0.1) is 0 Å². The lowest BCUT2D eigenvalue weighted by molar-refractivity contribution is -0.156. The second kappa shape index (κ2) is 8.39. The molecule has 2 heterocycles. The van der Waals surface area contributed by atoms with Gasteiger partial charge in [0.2, 0.25) is 21.8 Å². The normalized spacial score (nSPS) is 20.5. The topological polar surface area (TPSA) is 78.0 Å². The molecule has 0 spiro atoms. The molecule has 2 saturated heterocycles. The van der Waals surface area contributed by atoms with E-state index in [1.807, 2.05) is 30.3 Å². The van der Waals surface area contributed by atoms with Crippen molar-refractivity contribution in [3.8, 4) is 0 Å². The number of fused-ring (bicyclic) bond motifs is 1. The van der Waals surface area contributed by atoms with Crippen molar-refractivity contribution in [1.82, 2.24) is 14.1 Å². The first-order valence-electron chi connectivity index (χ1n) is 10.2. The van der Waals surface area contributed by atoms with Crippen molar-refractivity contribution in [3.05, 3.63) is 65.5 Å². The second-order valence-corrected chi connectivity index (χ2v) is 9.82. The van der Waals surface area contributed by atoms with Crippen LogP contribution >= 0.6 is 0 Å². The summed E-state index contributed by atoms with van der Waals surface area (Å²) in [5.74, 6) is -0.958. The van der Waals surface area contributed by atoms with E-state index in [2.05, 4.69) is 0 Å². The van der Waals surface area contributed by atoms with Gasteiger partial charge in [0.25, 0.3) is 0 Å². The molecule has 0 bridgehead atoms. The standard InChI is InChI=1S/C22H24FN3O4S/c1-16-7-8-18(13-19(16)23)31(29,30)25-10-9-20-22(28)24(14-17-5-3-2-4-6-17)15-21(27)26(20)12-11-25/h2-8,13,20H,9-12,14-15H2,1H3. The summed E-state index contributed by atoms with van der Waals surface area (Å²) >= 11 is 0. The van der Waals surface area contributed by atoms with Gasteiger partial charge in [-0.1, -0.05) is 36.4 Å². The molecular formula is C22H24FN3O4S. The summed E-state index contributed by atoms with van der Waals surface area (Å²) in [7, 11) is -3.93. The minimum absolute atomic E-state index is 0.0276. The number of carbonyl (C=O) groups is 2. The van der Waals surface area contributed by atoms with Gasteiger partial charge in [0, 0.05) is 26.2 Å². The Bertz CT molecular complexity index is 1110. The van der Waals surface area contributed by atoms with Gasteiger partial charge in [0.1, 0.15) is 18.4 Å². The third kappa shape index (κ3) is 4.20. The maximum atomic E-state index is 13.9. The van der Waals surface area contributed by atoms with E-state index in [4.69, 9.17) is 0 Å². The van der Waals surface area contributed by atoms with Crippen molar-refractivity contribution >= 4 is 21.8 Å². The molecule has 31 heavy (non-hydrogen) atoms. The molecule has 0 N–H and O–H groups in total. The summed E-state index contributed by atoms with van der Waals surface area (Å²) in [6.07, 6.45) is 0.198. The smallest absolute Gasteiger partial charge is 0.246 e. The lowest BCUT2D eigenvalue weighted by Gasteiger charge is -2.39. The fraction of sp³-hybridized carbons (Fsp3) is 0.364. The zero-order chi connectivity index (χ0) is 22.2. The molecule has 2 aromatic carbocycles. The summed E-state index contributed by atoms with van der Waals surface area (Å²) in [6.45, 7) is 2.14. The fourth-order valence-corrected chi connectivity index (χ4v) is 5.53. The summed E-state index contributed by atoms with van der Waals surface area (Å²) < 4.78 is 41.2. The van der Waals surface area contributed by atoms with Crippen LogP contribution in [0.5, 0.6) is 0 Å². The maximum Gasteiger partial charge on any atom is 0.246 e. The summed E-state index contributed by atoms with van der Waals surface area (Å²) in [5, 5.41) is 0. The Kier molecular flexibility index (Phi) is 5.81. The average molecular weight is 446 g/mol. The van der Waals surface area contributed by atoms with Crippen LogP contribution in [0.25, 0.3) is 0 Å². The van der Waals surface area contributed by atoms with Gasteiger partial charge in [-0.2, -0.15) is 4.31 Å². The van der Waals surface area contributed by atoms with Crippen LogP contribution in [0.2, 0.25) is 0 Å². The van der Waals surface area contributed by atoms with E-state index >= 15 is 0 Å². The van der Waals surface area contributed by atoms with E-state index in [1.165, 1.54) is 26.2 Å². The van der Waals surface area contributed by atoms with Gasteiger partial charge >= 0.3 is 0 Å². The van der Waals surface area contributed by atoms with Crippen molar-refractivity contribution in [3.63, 3.8) is 0 Å². The van der Waals surface area contributed by atoms with Crippen molar-refractivity contribution in [2.24, 2.45) is 0 Å². The molecule has 1 atom stereocenters. The van der Waals surface area contributed by atoms with Crippen LogP contribution in [0.3, 0.4) is 0 Å². The van der Waals surface area contributed by atoms with E-state index < -0.39 is 21.9 Å². The monoisotopic (exact) mass is 445 g/mol. The molecule has 2 amide bonds. The Labute approximate surface area is 181 Å². The fourth-order valence-electron chi connectivity index (χ4n) is 4.07. The second-order valence-electron chi connectivity index (χ2n) is 7.89. The lowest BCUT2D eigenvalue weighted by atomic mass is 10.1. The van der Waals surface area contributed by atoms with E-state index in [9.17, 15) is 22.4 Å². The molecule has 0 radical (unpaired) electrons. The van der Waals surface area contributed by atoms with Crippen LogP contribution in [0.15, 0.2) is 53.4 Å². The van der Waals surface area contributed by atoms with Crippen molar-refractivity contribution < 1.29 is 22.4 Å². The SMILES string of the molecule is Cc1ccc(S(=O)(=O)N2CCC3C(=O)N(Cc4ccccc4)CC(=O)N3CC2)cc1F. The first-order valence-corrected chi connectivity index (χ1v) is 11.6. The summed E-state index contributed by atoms with van der Waals surface area (Å²) in [6, 6.07) is 12.6. The molecule has 0 aliphatic carbocycles. The van der Waals surface area contributed by atoms with Gasteiger partial charge in [-0.3, -0.25) is 9.59 Å². The number of halogens is 1. The molecule has 0 saturated carbocycles. The van der Waals surface area contributed by atoms with Crippen LogP contribution in [-0.4, -0.2) is 66.6 Å². The van der Waals surface area contributed by atoms with Crippen molar-refractivity contribution in [2.45, 2.75) is 30.8 Å². The molecular weight excluding hydrogens is 421 g/mol. The van der Waals surface area contributed by atoms with Crippen LogP contribution in [0.4, 0.5) is 4.39 Å². The maximum absolute atomic E-state index is 13.9. The number of rotatable bonds is 4. The van der Waals surface area contributed by atoms with E-state index in [0.29, 0.717) is 12.1 Å². The highest BCUT2D eigenvalue weighted by atomic mass is 32.2. The molecule has 9 heteroatoms. The van der Waals surface area contributed by atoms with Crippen LogP contribution in [-0.2, 0) is 26.2 Å².